The predicted molar refractivity (Wildman–Crippen MR) is 118 cm³/mol. The molecule has 0 unspecified atom stereocenters. The highest BCUT2D eigenvalue weighted by Crippen LogP contribution is 2.38. The summed E-state index contributed by atoms with van der Waals surface area (Å²) in [5, 5.41) is 0. The Labute approximate surface area is 175 Å². The Balaban J connectivity index is 2.02. The SMILES string of the molecule is COc1ccc(C)cc1N1C[C@H](C)Cn2c1nc1c2c(=O)n(CC(C)C)c(=O)n1C. The Morgan fingerprint density at radius 1 is 1.23 bits per heavy atom. The first-order valence-electron chi connectivity index (χ1n) is 10.3. The molecule has 2 aromatic heterocycles. The van der Waals surface area contributed by atoms with Gasteiger partial charge in [0.2, 0.25) is 5.95 Å². The van der Waals surface area contributed by atoms with Gasteiger partial charge >= 0.3 is 5.69 Å². The maximum atomic E-state index is 13.3. The second-order valence-electron chi connectivity index (χ2n) is 8.74. The molecule has 3 aromatic rings. The topological polar surface area (TPSA) is 74.3 Å². The van der Waals surface area contributed by atoms with Crippen LogP contribution in [-0.4, -0.2) is 32.3 Å². The Bertz CT molecular complexity index is 1230. The van der Waals surface area contributed by atoms with Crippen LogP contribution < -0.4 is 20.9 Å². The average molecular weight is 412 g/mol. The van der Waals surface area contributed by atoms with E-state index in [-0.39, 0.29) is 23.1 Å². The van der Waals surface area contributed by atoms with Crippen molar-refractivity contribution in [2.45, 2.75) is 40.8 Å². The number of hydrogen-bond acceptors (Lipinski definition) is 5. The molecule has 160 valence electrons. The van der Waals surface area contributed by atoms with E-state index < -0.39 is 0 Å². The Morgan fingerprint density at radius 3 is 2.63 bits per heavy atom. The molecule has 3 heterocycles. The van der Waals surface area contributed by atoms with Crippen LogP contribution in [0.4, 0.5) is 11.6 Å². The van der Waals surface area contributed by atoms with E-state index in [2.05, 4.69) is 17.9 Å². The van der Waals surface area contributed by atoms with Crippen molar-refractivity contribution in [3.05, 3.63) is 44.6 Å². The number of fused-ring (bicyclic) bond motifs is 3. The van der Waals surface area contributed by atoms with E-state index in [9.17, 15) is 9.59 Å². The van der Waals surface area contributed by atoms with Crippen LogP contribution in [-0.2, 0) is 20.1 Å². The maximum absolute atomic E-state index is 13.3. The lowest BCUT2D eigenvalue weighted by Crippen LogP contribution is -2.41. The zero-order valence-corrected chi connectivity index (χ0v) is 18.5. The summed E-state index contributed by atoms with van der Waals surface area (Å²) in [4.78, 5) is 33.1. The fourth-order valence-electron chi connectivity index (χ4n) is 4.24. The average Bonchev–Trinajstić information content (AvgIpc) is 3.08. The molecule has 4 rings (SSSR count). The van der Waals surface area contributed by atoms with Gasteiger partial charge in [0.1, 0.15) is 5.75 Å². The maximum Gasteiger partial charge on any atom is 0.332 e. The third kappa shape index (κ3) is 3.11. The predicted octanol–water partition coefficient (Wildman–Crippen LogP) is 2.66. The molecule has 1 atom stereocenters. The molecule has 0 saturated heterocycles. The first-order valence-corrected chi connectivity index (χ1v) is 10.3. The summed E-state index contributed by atoms with van der Waals surface area (Å²) >= 11 is 0. The van der Waals surface area contributed by atoms with Crippen molar-refractivity contribution in [1.29, 1.82) is 0 Å². The van der Waals surface area contributed by atoms with Gasteiger partial charge in [-0.3, -0.25) is 13.9 Å². The van der Waals surface area contributed by atoms with Gasteiger partial charge in [-0.1, -0.05) is 26.8 Å². The molecule has 0 fully saturated rings. The second kappa shape index (κ2) is 7.34. The van der Waals surface area contributed by atoms with Crippen molar-refractivity contribution in [3.63, 3.8) is 0 Å². The fourth-order valence-corrected chi connectivity index (χ4v) is 4.24. The lowest BCUT2D eigenvalue weighted by Gasteiger charge is -2.33. The molecule has 0 aliphatic carbocycles. The quantitative estimate of drug-likeness (QED) is 0.660. The number of benzene rings is 1. The van der Waals surface area contributed by atoms with Crippen LogP contribution >= 0.6 is 0 Å². The number of hydrogen-bond donors (Lipinski definition) is 0. The number of aromatic nitrogens is 4. The molecular weight excluding hydrogens is 382 g/mol. The van der Waals surface area contributed by atoms with Crippen LogP contribution in [0.25, 0.3) is 11.2 Å². The molecule has 1 aliphatic rings. The fraction of sp³-hybridized carbons (Fsp3) is 0.500. The largest absolute Gasteiger partial charge is 0.495 e. The minimum atomic E-state index is -0.329. The number of imidazole rings is 1. The van der Waals surface area contributed by atoms with Crippen LogP contribution in [0.1, 0.15) is 26.3 Å². The van der Waals surface area contributed by atoms with Crippen molar-refractivity contribution in [1.82, 2.24) is 18.7 Å². The monoisotopic (exact) mass is 411 g/mol. The van der Waals surface area contributed by atoms with Crippen molar-refractivity contribution in [2.24, 2.45) is 18.9 Å². The summed E-state index contributed by atoms with van der Waals surface area (Å²) in [5.41, 5.74) is 2.32. The van der Waals surface area contributed by atoms with Gasteiger partial charge in [0, 0.05) is 26.7 Å². The van der Waals surface area contributed by atoms with Crippen LogP contribution in [0.15, 0.2) is 27.8 Å². The van der Waals surface area contributed by atoms with Crippen molar-refractivity contribution >= 4 is 22.8 Å². The molecule has 0 spiro atoms. The zero-order chi connectivity index (χ0) is 21.7. The normalized spacial score (nSPS) is 16.4. The van der Waals surface area contributed by atoms with Crippen LogP contribution in [0, 0.1) is 18.8 Å². The van der Waals surface area contributed by atoms with E-state index in [1.807, 2.05) is 37.5 Å². The van der Waals surface area contributed by atoms with Gasteiger partial charge in [-0.05, 0) is 36.5 Å². The third-order valence-electron chi connectivity index (χ3n) is 5.62. The van der Waals surface area contributed by atoms with E-state index in [4.69, 9.17) is 9.72 Å². The lowest BCUT2D eigenvalue weighted by atomic mass is 10.1. The highest BCUT2D eigenvalue weighted by atomic mass is 16.5. The molecule has 1 aromatic carbocycles. The van der Waals surface area contributed by atoms with Gasteiger partial charge < -0.3 is 14.2 Å². The number of ether oxygens (including phenoxy) is 1. The summed E-state index contributed by atoms with van der Waals surface area (Å²) in [6, 6.07) is 6.02. The summed E-state index contributed by atoms with van der Waals surface area (Å²) in [5.74, 6) is 1.89. The number of rotatable bonds is 4. The van der Waals surface area contributed by atoms with Crippen LogP contribution in [0.5, 0.6) is 5.75 Å². The molecule has 0 N–H and O–H groups in total. The first-order chi connectivity index (χ1) is 14.2. The van der Waals surface area contributed by atoms with E-state index in [0.29, 0.717) is 30.2 Å². The number of anilines is 2. The summed E-state index contributed by atoms with van der Waals surface area (Å²) in [7, 11) is 3.33. The smallest absolute Gasteiger partial charge is 0.332 e. The van der Waals surface area contributed by atoms with Crippen molar-refractivity contribution in [2.75, 3.05) is 18.6 Å². The lowest BCUT2D eigenvalue weighted by molar-refractivity contribution is 0.409. The Hall–Kier alpha value is -3.03. The molecule has 0 bridgehead atoms. The first kappa shape index (κ1) is 20.3. The number of aryl methyl sites for hydroxylation is 2. The minimum Gasteiger partial charge on any atom is -0.495 e. The molecule has 1 aliphatic heterocycles. The minimum absolute atomic E-state index is 0.184. The molecule has 8 nitrogen and oxygen atoms in total. The van der Waals surface area contributed by atoms with E-state index in [1.54, 1.807) is 14.2 Å². The molecule has 30 heavy (non-hydrogen) atoms. The summed E-state index contributed by atoms with van der Waals surface area (Å²) in [6.45, 7) is 9.98. The van der Waals surface area contributed by atoms with Crippen LogP contribution in [0.3, 0.4) is 0 Å². The van der Waals surface area contributed by atoms with E-state index in [1.165, 1.54) is 9.13 Å². The number of nitrogens with zero attached hydrogens (tertiary/aromatic N) is 5. The van der Waals surface area contributed by atoms with E-state index in [0.717, 1.165) is 23.5 Å². The van der Waals surface area contributed by atoms with Gasteiger partial charge in [0.15, 0.2) is 11.2 Å². The number of methoxy groups -OCH3 is 1. The third-order valence-corrected chi connectivity index (χ3v) is 5.62. The molecule has 0 saturated carbocycles. The second-order valence-corrected chi connectivity index (χ2v) is 8.74. The van der Waals surface area contributed by atoms with Crippen molar-refractivity contribution < 1.29 is 4.74 Å². The van der Waals surface area contributed by atoms with Gasteiger partial charge in [-0.25, -0.2) is 4.79 Å². The van der Waals surface area contributed by atoms with Gasteiger partial charge in [-0.15, -0.1) is 0 Å². The van der Waals surface area contributed by atoms with Gasteiger partial charge in [-0.2, -0.15) is 4.98 Å². The molecule has 8 heteroatoms. The van der Waals surface area contributed by atoms with Gasteiger partial charge in [0.05, 0.1) is 12.8 Å². The molecule has 0 radical (unpaired) electrons. The van der Waals surface area contributed by atoms with E-state index >= 15 is 0 Å². The Kier molecular flexibility index (Phi) is 4.95. The molecule has 0 amide bonds. The van der Waals surface area contributed by atoms with Gasteiger partial charge in [0.25, 0.3) is 5.56 Å². The molecular formula is C22H29N5O3. The standard InChI is InChI=1S/C22H29N5O3/c1-13(2)10-27-20(28)18-19(24(5)22(27)29)23-21-25(11-15(4)12-26(18)21)16-9-14(3)7-8-17(16)30-6/h7-9,13,15H,10-12H2,1-6H3/t15-/m0/s1. The highest BCUT2D eigenvalue weighted by Gasteiger charge is 2.31. The van der Waals surface area contributed by atoms with Crippen LogP contribution in [0.2, 0.25) is 0 Å². The Morgan fingerprint density at radius 2 is 1.97 bits per heavy atom. The zero-order valence-electron chi connectivity index (χ0n) is 18.5. The summed E-state index contributed by atoms with van der Waals surface area (Å²) < 4.78 is 10.4. The van der Waals surface area contributed by atoms with Crippen molar-refractivity contribution in [3.8, 4) is 5.75 Å². The highest BCUT2D eigenvalue weighted by molar-refractivity contribution is 5.78. The summed E-state index contributed by atoms with van der Waals surface area (Å²) in [6.07, 6.45) is 0.